The Kier molecular flexibility index (Phi) is 11.0. The first-order valence-corrected chi connectivity index (χ1v) is 7.70. The van der Waals surface area contributed by atoms with Gasteiger partial charge in [0.05, 0.1) is 0 Å². The molecule has 0 aromatic heterocycles. The van der Waals surface area contributed by atoms with Crippen LogP contribution in [-0.2, 0) is 4.79 Å². The average molecular weight is 363 g/mol. The average Bonchev–Trinajstić information content (AvgIpc) is 2.51. The molecule has 0 spiro atoms. The monoisotopic (exact) mass is 362 g/mol. The number of carbonyl (C=O) groups excluding carboxylic acids is 1. The lowest BCUT2D eigenvalue weighted by molar-refractivity contribution is -0.121. The van der Waals surface area contributed by atoms with Gasteiger partial charge in [0.25, 0.3) is 0 Å². The zero-order valence-electron chi connectivity index (χ0n) is 13.7. The van der Waals surface area contributed by atoms with Crippen molar-refractivity contribution >= 4 is 36.4 Å². The molecule has 0 bridgehead atoms. The number of benzene rings is 1. The van der Waals surface area contributed by atoms with Gasteiger partial charge in [-0.2, -0.15) is 0 Å². The summed E-state index contributed by atoms with van der Waals surface area (Å²) >= 11 is 0. The van der Waals surface area contributed by atoms with E-state index in [2.05, 4.69) is 46.3 Å². The van der Waals surface area contributed by atoms with E-state index in [-0.39, 0.29) is 30.7 Å². The number of hydrogen-bond donors (Lipinski definition) is 2. The lowest BCUT2D eigenvalue weighted by Crippen LogP contribution is -2.47. The Labute approximate surface area is 151 Å². The largest absolute Gasteiger partial charge is 0.369 e. The van der Waals surface area contributed by atoms with Gasteiger partial charge in [0.15, 0.2) is 0 Å². The van der Waals surface area contributed by atoms with Crippen LogP contribution in [0.4, 0.5) is 5.69 Å². The van der Waals surface area contributed by atoms with Crippen molar-refractivity contribution in [2.75, 3.05) is 50.7 Å². The van der Waals surface area contributed by atoms with Gasteiger partial charge in [-0.05, 0) is 24.6 Å². The molecule has 1 aliphatic rings. The number of nitrogens with zero attached hydrogens (tertiary/aromatic N) is 2. The minimum atomic E-state index is 0. The van der Waals surface area contributed by atoms with E-state index in [0.29, 0.717) is 19.5 Å². The molecule has 3 N–H and O–H groups in total. The van der Waals surface area contributed by atoms with Crippen molar-refractivity contribution in [3.63, 3.8) is 0 Å². The molecule has 1 amide bonds. The zero-order valence-corrected chi connectivity index (χ0v) is 15.3. The maximum Gasteiger partial charge on any atom is 0.221 e. The van der Waals surface area contributed by atoms with Crippen molar-refractivity contribution in [3.05, 3.63) is 29.8 Å². The number of rotatable bonds is 6. The second-order valence-electron chi connectivity index (χ2n) is 5.56. The predicted octanol–water partition coefficient (Wildman–Crippen LogP) is 1.43. The number of carbonyl (C=O) groups is 1. The molecular formula is C16H28Cl2N4O. The number of piperazine rings is 1. The lowest BCUT2D eigenvalue weighted by Gasteiger charge is -2.36. The van der Waals surface area contributed by atoms with E-state index in [1.54, 1.807) is 0 Å². The summed E-state index contributed by atoms with van der Waals surface area (Å²) in [5, 5.41) is 2.81. The smallest absolute Gasteiger partial charge is 0.221 e. The van der Waals surface area contributed by atoms with E-state index in [9.17, 15) is 4.79 Å². The highest BCUT2D eigenvalue weighted by Crippen LogP contribution is 2.17. The van der Waals surface area contributed by atoms with E-state index in [1.807, 2.05) is 0 Å². The van der Waals surface area contributed by atoms with Crippen molar-refractivity contribution < 1.29 is 4.79 Å². The van der Waals surface area contributed by atoms with Crippen molar-refractivity contribution in [2.24, 2.45) is 5.73 Å². The summed E-state index contributed by atoms with van der Waals surface area (Å²) < 4.78 is 0. The molecule has 0 unspecified atom stereocenters. The molecule has 0 saturated carbocycles. The Morgan fingerprint density at radius 2 is 1.91 bits per heavy atom. The molecule has 0 radical (unpaired) electrons. The highest BCUT2D eigenvalue weighted by Gasteiger charge is 2.17. The van der Waals surface area contributed by atoms with E-state index in [0.717, 1.165) is 32.7 Å². The molecule has 1 aliphatic heterocycles. The fraction of sp³-hybridized carbons (Fsp3) is 0.562. The van der Waals surface area contributed by atoms with Crippen LogP contribution in [0.15, 0.2) is 24.3 Å². The molecular weight excluding hydrogens is 335 g/mol. The van der Waals surface area contributed by atoms with Crippen LogP contribution in [0.3, 0.4) is 0 Å². The third-order valence-corrected chi connectivity index (χ3v) is 3.86. The normalized spacial score (nSPS) is 14.6. The van der Waals surface area contributed by atoms with E-state index in [4.69, 9.17) is 5.73 Å². The first-order chi connectivity index (χ1) is 10.2. The van der Waals surface area contributed by atoms with Crippen molar-refractivity contribution in [3.8, 4) is 0 Å². The Bertz CT molecular complexity index is 465. The number of nitrogens with two attached hydrogens (primary N) is 1. The highest BCUT2D eigenvalue weighted by molar-refractivity contribution is 5.85. The Balaban J connectivity index is 0.00000242. The Hall–Kier alpha value is -1.01. The standard InChI is InChI=1S/C16H26N4O.2ClH/c1-14-3-2-4-15(13-14)20-11-9-19(10-12-20)8-5-16(21)18-7-6-17;;/h2-4,13H,5-12,17H2,1H3,(H,18,21);2*1H. The Morgan fingerprint density at radius 1 is 1.22 bits per heavy atom. The van der Waals surface area contributed by atoms with Crippen LogP contribution in [0.5, 0.6) is 0 Å². The summed E-state index contributed by atoms with van der Waals surface area (Å²) in [6, 6.07) is 8.64. The summed E-state index contributed by atoms with van der Waals surface area (Å²) in [6.07, 6.45) is 0.560. The van der Waals surface area contributed by atoms with Crippen LogP contribution < -0.4 is 16.0 Å². The molecule has 2 rings (SSSR count). The van der Waals surface area contributed by atoms with Gasteiger partial charge in [-0.3, -0.25) is 9.69 Å². The van der Waals surface area contributed by atoms with Crippen molar-refractivity contribution in [1.82, 2.24) is 10.2 Å². The van der Waals surface area contributed by atoms with Crippen LogP contribution in [0, 0.1) is 6.92 Å². The highest BCUT2D eigenvalue weighted by atomic mass is 35.5. The van der Waals surface area contributed by atoms with Crippen LogP contribution in [0.25, 0.3) is 0 Å². The van der Waals surface area contributed by atoms with Crippen molar-refractivity contribution in [1.29, 1.82) is 0 Å². The van der Waals surface area contributed by atoms with Crippen LogP contribution in [-0.4, -0.2) is 56.6 Å². The van der Waals surface area contributed by atoms with Gasteiger partial charge < -0.3 is 16.0 Å². The first kappa shape index (κ1) is 22.0. The van der Waals surface area contributed by atoms with Gasteiger partial charge in [0.1, 0.15) is 0 Å². The number of nitrogens with one attached hydrogen (secondary N) is 1. The second-order valence-corrected chi connectivity index (χ2v) is 5.56. The molecule has 7 heteroatoms. The molecule has 1 saturated heterocycles. The zero-order chi connectivity index (χ0) is 15.1. The molecule has 1 heterocycles. The SMILES string of the molecule is Cc1cccc(N2CCN(CCC(=O)NCCN)CC2)c1.Cl.Cl. The van der Waals surface area contributed by atoms with Crippen molar-refractivity contribution in [2.45, 2.75) is 13.3 Å². The fourth-order valence-corrected chi connectivity index (χ4v) is 2.61. The lowest BCUT2D eigenvalue weighted by atomic mass is 10.2. The Morgan fingerprint density at radius 3 is 2.52 bits per heavy atom. The number of amides is 1. The summed E-state index contributed by atoms with van der Waals surface area (Å²) in [4.78, 5) is 16.3. The van der Waals surface area contributed by atoms with Gasteiger partial charge in [-0.15, -0.1) is 24.8 Å². The van der Waals surface area contributed by atoms with E-state index >= 15 is 0 Å². The third kappa shape index (κ3) is 7.40. The number of halogens is 2. The molecule has 23 heavy (non-hydrogen) atoms. The molecule has 0 aliphatic carbocycles. The third-order valence-electron chi connectivity index (χ3n) is 3.86. The maximum absolute atomic E-state index is 11.6. The van der Waals surface area contributed by atoms with Gasteiger partial charge >= 0.3 is 0 Å². The first-order valence-electron chi connectivity index (χ1n) is 7.70. The molecule has 1 fully saturated rings. The second kappa shape index (κ2) is 11.5. The fourth-order valence-electron chi connectivity index (χ4n) is 2.61. The van der Waals surface area contributed by atoms with Crippen LogP contribution >= 0.6 is 24.8 Å². The summed E-state index contributed by atoms with van der Waals surface area (Å²) in [7, 11) is 0. The number of hydrogen-bond acceptors (Lipinski definition) is 4. The van der Waals surface area contributed by atoms with Gasteiger partial charge in [0, 0.05) is 57.9 Å². The van der Waals surface area contributed by atoms with Crippen LogP contribution in [0.2, 0.25) is 0 Å². The van der Waals surface area contributed by atoms with E-state index in [1.165, 1.54) is 11.3 Å². The van der Waals surface area contributed by atoms with Gasteiger partial charge in [-0.25, -0.2) is 0 Å². The topological polar surface area (TPSA) is 61.6 Å². The molecule has 0 atom stereocenters. The van der Waals surface area contributed by atoms with Gasteiger partial charge in [-0.1, -0.05) is 12.1 Å². The number of aryl methyl sites for hydroxylation is 1. The number of anilines is 1. The predicted molar refractivity (Wildman–Crippen MR) is 101 cm³/mol. The van der Waals surface area contributed by atoms with Crippen LogP contribution in [0.1, 0.15) is 12.0 Å². The minimum absolute atomic E-state index is 0. The maximum atomic E-state index is 11.6. The minimum Gasteiger partial charge on any atom is -0.369 e. The molecule has 1 aromatic rings. The van der Waals surface area contributed by atoms with E-state index < -0.39 is 0 Å². The molecule has 1 aromatic carbocycles. The quantitative estimate of drug-likeness (QED) is 0.803. The summed E-state index contributed by atoms with van der Waals surface area (Å²) in [6.45, 7) is 8.09. The molecule has 132 valence electrons. The molecule has 5 nitrogen and oxygen atoms in total. The van der Waals surface area contributed by atoms with Gasteiger partial charge in [0.2, 0.25) is 5.91 Å². The summed E-state index contributed by atoms with van der Waals surface area (Å²) in [5.41, 5.74) is 7.97. The summed E-state index contributed by atoms with van der Waals surface area (Å²) in [5.74, 6) is 0.0987.